The highest BCUT2D eigenvalue weighted by Crippen LogP contribution is 2.36. The minimum atomic E-state index is -0.351. The van der Waals surface area contributed by atoms with Gasteiger partial charge >= 0.3 is 0 Å². The number of carbonyl (C=O) groups is 2. The van der Waals surface area contributed by atoms with Crippen LogP contribution in [-0.2, 0) is 11.3 Å². The quantitative estimate of drug-likeness (QED) is 0.396. The summed E-state index contributed by atoms with van der Waals surface area (Å²) in [7, 11) is 0. The predicted octanol–water partition coefficient (Wildman–Crippen LogP) is 5.32. The molecule has 6 heteroatoms. The van der Waals surface area contributed by atoms with Crippen LogP contribution in [0.4, 0.5) is 10.1 Å². The van der Waals surface area contributed by atoms with Crippen molar-refractivity contribution in [3.8, 4) is 5.75 Å². The van der Waals surface area contributed by atoms with E-state index in [1.54, 1.807) is 59.5 Å². The molecule has 0 radical (unpaired) electrons. The molecular formula is C27H25FN2O3. The van der Waals surface area contributed by atoms with Gasteiger partial charge in [-0.3, -0.25) is 14.5 Å². The van der Waals surface area contributed by atoms with Crippen molar-refractivity contribution in [1.29, 1.82) is 0 Å². The van der Waals surface area contributed by atoms with Crippen molar-refractivity contribution in [1.82, 2.24) is 5.32 Å². The van der Waals surface area contributed by atoms with E-state index < -0.39 is 0 Å². The minimum absolute atomic E-state index is 0.122. The number of amides is 2. The zero-order valence-corrected chi connectivity index (χ0v) is 18.4. The number of hydrogen-bond donors (Lipinski definition) is 1. The lowest BCUT2D eigenvalue weighted by Gasteiger charge is -2.30. The van der Waals surface area contributed by atoms with Gasteiger partial charge in [-0.25, -0.2) is 4.39 Å². The number of rotatable bonds is 7. The number of benzene rings is 3. The van der Waals surface area contributed by atoms with E-state index in [2.05, 4.69) is 12.2 Å². The summed E-state index contributed by atoms with van der Waals surface area (Å²) in [5, 5.41) is 2.89. The first-order chi connectivity index (χ1) is 16.0. The highest BCUT2D eigenvalue weighted by molar-refractivity contribution is 6.09. The summed E-state index contributed by atoms with van der Waals surface area (Å²) in [6, 6.07) is 20.4. The van der Waals surface area contributed by atoms with Crippen LogP contribution in [0.3, 0.4) is 0 Å². The molecule has 4 rings (SSSR count). The highest BCUT2D eigenvalue weighted by Gasteiger charge is 2.30. The Kier molecular flexibility index (Phi) is 6.83. The van der Waals surface area contributed by atoms with Gasteiger partial charge in [0.25, 0.3) is 11.8 Å². The second-order valence-corrected chi connectivity index (χ2v) is 7.83. The molecule has 5 nitrogen and oxygen atoms in total. The van der Waals surface area contributed by atoms with E-state index >= 15 is 0 Å². The zero-order valence-electron chi connectivity index (χ0n) is 18.4. The monoisotopic (exact) mass is 444 g/mol. The number of hydrogen-bond acceptors (Lipinski definition) is 3. The predicted molar refractivity (Wildman–Crippen MR) is 126 cm³/mol. The first-order valence-electron chi connectivity index (χ1n) is 11.0. The van der Waals surface area contributed by atoms with Crippen molar-refractivity contribution in [2.45, 2.75) is 26.3 Å². The van der Waals surface area contributed by atoms with E-state index in [1.807, 2.05) is 12.1 Å². The summed E-state index contributed by atoms with van der Waals surface area (Å²) in [6.45, 7) is 2.93. The molecule has 0 saturated carbocycles. The van der Waals surface area contributed by atoms with Crippen molar-refractivity contribution in [3.05, 3.63) is 101 Å². The fraction of sp³-hybridized carbons (Fsp3) is 0.185. The molecule has 0 unspecified atom stereocenters. The number of para-hydroxylation sites is 2. The maximum Gasteiger partial charge on any atom is 0.294 e. The third-order valence-electron chi connectivity index (χ3n) is 5.35. The molecule has 1 N–H and O–H groups in total. The van der Waals surface area contributed by atoms with Gasteiger partial charge < -0.3 is 10.1 Å². The zero-order chi connectivity index (χ0) is 23.2. The van der Waals surface area contributed by atoms with Crippen LogP contribution in [0.5, 0.6) is 5.75 Å². The average Bonchev–Trinajstić information content (AvgIpc) is 2.82. The lowest BCUT2D eigenvalue weighted by atomic mass is 10.1. The summed E-state index contributed by atoms with van der Waals surface area (Å²) < 4.78 is 19.6. The highest BCUT2D eigenvalue weighted by atomic mass is 19.1. The number of unbranched alkanes of at least 4 members (excludes halogenated alkanes) is 1. The second kappa shape index (κ2) is 10.1. The molecule has 0 bridgehead atoms. The van der Waals surface area contributed by atoms with Gasteiger partial charge in [-0.1, -0.05) is 49.7 Å². The largest absolute Gasteiger partial charge is 0.449 e. The Hall–Kier alpha value is -3.93. The average molecular weight is 445 g/mol. The van der Waals surface area contributed by atoms with Crippen molar-refractivity contribution in [3.63, 3.8) is 0 Å². The Bertz CT molecular complexity index is 1190. The number of halogens is 1. The van der Waals surface area contributed by atoms with Crippen LogP contribution in [0.2, 0.25) is 0 Å². The molecule has 33 heavy (non-hydrogen) atoms. The van der Waals surface area contributed by atoms with E-state index in [1.165, 1.54) is 12.1 Å². The molecule has 0 aromatic heterocycles. The smallest absolute Gasteiger partial charge is 0.294 e. The number of fused-ring (bicyclic) bond motifs is 1. The summed E-state index contributed by atoms with van der Waals surface area (Å²) in [6.07, 6.45) is 3.60. The Morgan fingerprint density at radius 3 is 2.61 bits per heavy atom. The second-order valence-electron chi connectivity index (χ2n) is 7.83. The number of nitrogens with one attached hydrogen (secondary N) is 1. The van der Waals surface area contributed by atoms with Gasteiger partial charge in [0.05, 0.1) is 12.2 Å². The summed E-state index contributed by atoms with van der Waals surface area (Å²) >= 11 is 0. The van der Waals surface area contributed by atoms with E-state index in [-0.39, 0.29) is 29.9 Å². The topological polar surface area (TPSA) is 58.6 Å². The fourth-order valence-electron chi connectivity index (χ4n) is 3.60. The van der Waals surface area contributed by atoms with Crippen LogP contribution in [0.25, 0.3) is 6.08 Å². The number of anilines is 1. The normalized spacial score (nSPS) is 14.1. The van der Waals surface area contributed by atoms with E-state index in [0.717, 1.165) is 18.4 Å². The van der Waals surface area contributed by atoms with Gasteiger partial charge in [-0.15, -0.1) is 0 Å². The van der Waals surface area contributed by atoms with Crippen molar-refractivity contribution in [2.75, 3.05) is 11.4 Å². The van der Waals surface area contributed by atoms with Crippen molar-refractivity contribution < 1.29 is 18.7 Å². The first kappa shape index (κ1) is 22.3. The Morgan fingerprint density at radius 2 is 1.85 bits per heavy atom. The van der Waals surface area contributed by atoms with Gasteiger partial charge in [0.15, 0.2) is 11.5 Å². The van der Waals surface area contributed by atoms with Crippen LogP contribution in [0.1, 0.15) is 41.3 Å². The number of ether oxygens (including phenoxy) is 1. The Labute approximate surface area is 192 Å². The Morgan fingerprint density at radius 1 is 1.06 bits per heavy atom. The number of carbonyl (C=O) groups excluding carboxylic acids is 2. The van der Waals surface area contributed by atoms with Crippen LogP contribution in [-0.4, -0.2) is 18.4 Å². The van der Waals surface area contributed by atoms with Gasteiger partial charge in [-0.05, 0) is 60.0 Å². The standard InChI is InChI=1S/C27H25FN2O3/c1-2-3-15-29-26(31)21-13-11-19(12-14-21)17-25-27(32)30(18-20-7-6-8-22(28)16-20)23-9-4-5-10-24(23)33-25/h4-14,16-17H,2-3,15,18H2,1H3,(H,29,31)/b25-17-. The molecule has 0 aliphatic carbocycles. The van der Waals surface area contributed by atoms with E-state index in [0.29, 0.717) is 29.1 Å². The van der Waals surface area contributed by atoms with Gasteiger partial charge in [-0.2, -0.15) is 0 Å². The van der Waals surface area contributed by atoms with Crippen LogP contribution >= 0.6 is 0 Å². The van der Waals surface area contributed by atoms with Crippen molar-refractivity contribution in [2.24, 2.45) is 0 Å². The van der Waals surface area contributed by atoms with E-state index in [4.69, 9.17) is 4.74 Å². The third kappa shape index (κ3) is 5.29. The molecule has 3 aromatic rings. The molecular weight excluding hydrogens is 419 g/mol. The molecule has 168 valence electrons. The Balaban J connectivity index is 1.58. The molecule has 0 spiro atoms. The first-order valence-corrected chi connectivity index (χ1v) is 11.0. The molecule has 0 atom stereocenters. The molecule has 1 heterocycles. The van der Waals surface area contributed by atoms with Gasteiger partial charge in [0, 0.05) is 12.1 Å². The third-order valence-corrected chi connectivity index (χ3v) is 5.35. The SMILES string of the molecule is CCCCNC(=O)c1ccc(/C=C2\Oc3ccccc3N(Cc3cccc(F)c3)C2=O)cc1. The van der Waals surface area contributed by atoms with Crippen LogP contribution < -0.4 is 15.0 Å². The summed E-state index contributed by atoms with van der Waals surface area (Å²) in [5.41, 5.74) is 2.59. The molecule has 0 fully saturated rings. The van der Waals surface area contributed by atoms with Crippen LogP contribution in [0.15, 0.2) is 78.6 Å². The minimum Gasteiger partial charge on any atom is -0.449 e. The number of nitrogens with zero attached hydrogens (tertiary/aromatic N) is 1. The molecule has 2 amide bonds. The van der Waals surface area contributed by atoms with E-state index in [9.17, 15) is 14.0 Å². The van der Waals surface area contributed by atoms with Gasteiger partial charge in [0.1, 0.15) is 5.82 Å². The molecule has 1 aliphatic heterocycles. The molecule has 1 aliphatic rings. The lowest BCUT2D eigenvalue weighted by Crippen LogP contribution is -2.36. The van der Waals surface area contributed by atoms with Crippen LogP contribution in [0, 0.1) is 5.82 Å². The maximum absolute atomic E-state index is 13.7. The lowest BCUT2D eigenvalue weighted by molar-refractivity contribution is -0.117. The molecule has 0 saturated heterocycles. The summed E-state index contributed by atoms with van der Waals surface area (Å²) in [5.74, 6) is -0.0878. The van der Waals surface area contributed by atoms with Gasteiger partial charge in [0.2, 0.25) is 0 Å². The fourth-order valence-corrected chi connectivity index (χ4v) is 3.60. The maximum atomic E-state index is 13.7. The molecule has 3 aromatic carbocycles. The summed E-state index contributed by atoms with van der Waals surface area (Å²) in [4.78, 5) is 27.1. The van der Waals surface area contributed by atoms with Crippen molar-refractivity contribution >= 4 is 23.6 Å².